The van der Waals surface area contributed by atoms with Crippen molar-refractivity contribution in [2.75, 3.05) is 20.2 Å². The summed E-state index contributed by atoms with van der Waals surface area (Å²) < 4.78 is 7.06. The van der Waals surface area contributed by atoms with E-state index in [1.54, 1.807) is 18.2 Å². The summed E-state index contributed by atoms with van der Waals surface area (Å²) in [5, 5.41) is 3.00. The van der Waals surface area contributed by atoms with Gasteiger partial charge in [0.15, 0.2) is 0 Å². The quantitative estimate of drug-likeness (QED) is 0.857. The second kappa shape index (κ2) is 7.38. The molecule has 0 unspecified atom stereocenters. The van der Waals surface area contributed by atoms with Crippen LogP contribution in [0.4, 0.5) is 0 Å². The number of carbonyl (C=O) groups excluding carboxylic acids is 2. The van der Waals surface area contributed by atoms with Crippen LogP contribution in [0.5, 0.6) is 5.75 Å². The molecule has 1 atom stereocenters. The highest BCUT2D eigenvalue weighted by Gasteiger charge is 2.25. The minimum Gasteiger partial charge on any atom is -0.497 e. The smallest absolute Gasteiger partial charge is 0.240 e. The third-order valence-electron chi connectivity index (χ3n) is 4.38. The predicted molar refractivity (Wildman–Crippen MR) is 92.0 cm³/mol. The van der Waals surface area contributed by atoms with Crippen LogP contribution in [0.15, 0.2) is 36.7 Å². The molecule has 0 saturated carbocycles. The van der Waals surface area contributed by atoms with Crippen LogP contribution in [0, 0.1) is 0 Å². The lowest BCUT2D eigenvalue weighted by Crippen LogP contribution is -2.40. The van der Waals surface area contributed by atoms with Crippen molar-refractivity contribution in [3.05, 3.63) is 48.0 Å². The maximum absolute atomic E-state index is 12.5. The Bertz CT molecular complexity index is 754. The molecule has 7 nitrogen and oxygen atoms in total. The first-order chi connectivity index (χ1) is 12.1. The van der Waals surface area contributed by atoms with Crippen LogP contribution in [0.1, 0.15) is 30.3 Å². The van der Waals surface area contributed by atoms with Crippen molar-refractivity contribution in [3.63, 3.8) is 0 Å². The molecular formula is C18H22N4O3. The van der Waals surface area contributed by atoms with Gasteiger partial charge in [-0.2, -0.15) is 0 Å². The van der Waals surface area contributed by atoms with Gasteiger partial charge in [0.05, 0.1) is 13.7 Å². The van der Waals surface area contributed by atoms with Crippen LogP contribution in [0.25, 0.3) is 0 Å². The van der Waals surface area contributed by atoms with Crippen LogP contribution < -0.4 is 10.1 Å². The number of aryl methyl sites for hydroxylation is 1. The van der Waals surface area contributed by atoms with E-state index in [9.17, 15) is 9.59 Å². The van der Waals surface area contributed by atoms with Crippen molar-refractivity contribution in [2.24, 2.45) is 7.05 Å². The minimum atomic E-state index is -0.392. The first-order valence-electron chi connectivity index (χ1n) is 8.27. The van der Waals surface area contributed by atoms with E-state index >= 15 is 0 Å². The number of rotatable bonds is 6. The number of hydrogen-bond acceptors (Lipinski definition) is 4. The van der Waals surface area contributed by atoms with Gasteiger partial charge < -0.3 is 19.5 Å². The third-order valence-corrected chi connectivity index (χ3v) is 4.38. The Morgan fingerprint density at radius 3 is 2.68 bits per heavy atom. The van der Waals surface area contributed by atoms with Gasteiger partial charge in [0.1, 0.15) is 17.6 Å². The molecular weight excluding hydrogens is 320 g/mol. The fourth-order valence-corrected chi connectivity index (χ4v) is 3.00. The maximum atomic E-state index is 12.5. The molecule has 2 amide bonds. The summed E-state index contributed by atoms with van der Waals surface area (Å²) in [6.45, 7) is 0.720. The molecule has 0 spiro atoms. The number of nitrogens with one attached hydrogen (secondary N) is 1. The van der Waals surface area contributed by atoms with Crippen molar-refractivity contribution < 1.29 is 14.3 Å². The lowest BCUT2D eigenvalue weighted by atomic mass is 10.1. The summed E-state index contributed by atoms with van der Waals surface area (Å²) in [7, 11) is 3.50. The number of carbonyl (C=O) groups is 2. The fourth-order valence-electron chi connectivity index (χ4n) is 3.00. The van der Waals surface area contributed by atoms with Gasteiger partial charge in [-0.1, -0.05) is 12.1 Å². The largest absolute Gasteiger partial charge is 0.497 e. The van der Waals surface area contributed by atoms with Gasteiger partial charge in [0.25, 0.3) is 0 Å². The van der Waals surface area contributed by atoms with Crippen molar-refractivity contribution in [1.29, 1.82) is 0 Å². The zero-order chi connectivity index (χ0) is 17.8. The Balaban J connectivity index is 1.80. The first-order valence-corrected chi connectivity index (χ1v) is 8.27. The number of likely N-dealkylation sites (tertiary alicyclic amines) is 1. The van der Waals surface area contributed by atoms with Crippen molar-refractivity contribution >= 4 is 11.8 Å². The molecule has 0 bridgehead atoms. The molecule has 2 heterocycles. The highest BCUT2D eigenvalue weighted by atomic mass is 16.5. The number of imidazole rings is 1. The van der Waals surface area contributed by atoms with Gasteiger partial charge >= 0.3 is 0 Å². The fraction of sp³-hybridized carbons (Fsp3) is 0.389. The van der Waals surface area contributed by atoms with Gasteiger partial charge in [0.2, 0.25) is 11.8 Å². The summed E-state index contributed by atoms with van der Waals surface area (Å²) in [4.78, 5) is 30.2. The van der Waals surface area contributed by atoms with Gasteiger partial charge in [-0.15, -0.1) is 0 Å². The molecule has 0 radical (unpaired) electrons. The molecule has 1 saturated heterocycles. The van der Waals surface area contributed by atoms with E-state index in [0.29, 0.717) is 13.0 Å². The van der Waals surface area contributed by atoms with Crippen LogP contribution in [-0.4, -0.2) is 46.5 Å². The summed E-state index contributed by atoms with van der Waals surface area (Å²) in [5.74, 6) is 1.31. The summed E-state index contributed by atoms with van der Waals surface area (Å²) in [5.41, 5.74) is 0.899. The number of methoxy groups -OCH3 is 1. The lowest BCUT2D eigenvalue weighted by molar-refractivity contribution is -0.133. The number of benzene rings is 1. The maximum Gasteiger partial charge on any atom is 0.240 e. The van der Waals surface area contributed by atoms with Gasteiger partial charge in [-0.05, 0) is 24.1 Å². The Morgan fingerprint density at radius 1 is 1.36 bits per heavy atom. The molecule has 2 aromatic rings. The molecule has 1 aliphatic heterocycles. The molecule has 1 aromatic carbocycles. The molecule has 1 aromatic heterocycles. The van der Waals surface area contributed by atoms with Crippen molar-refractivity contribution in [2.45, 2.75) is 18.9 Å². The predicted octanol–water partition coefficient (Wildman–Crippen LogP) is 1.26. The number of hydrogen-bond donors (Lipinski definition) is 1. The van der Waals surface area contributed by atoms with E-state index in [4.69, 9.17) is 4.74 Å². The second-order valence-corrected chi connectivity index (χ2v) is 6.09. The average molecular weight is 342 g/mol. The van der Waals surface area contributed by atoms with Gasteiger partial charge in [-0.3, -0.25) is 9.59 Å². The second-order valence-electron chi connectivity index (χ2n) is 6.09. The van der Waals surface area contributed by atoms with Crippen LogP contribution >= 0.6 is 0 Å². The van der Waals surface area contributed by atoms with E-state index in [2.05, 4.69) is 10.3 Å². The topological polar surface area (TPSA) is 76.5 Å². The highest BCUT2D eigenvalue weighted by molar-refractivity contribution is 5.86. The standard InChI is InChI=1S/C18H22N4O3/c1-21-11-9-19-18(21)17(13-5-7-14(25-2)8-6-13)20-15(23)12-22-10-3-4-16(22)24/h5-9,11,17H,3-4,10,12H2,1-2H3,(H,20,23)/t17-/m1/s1. The molecule has 1 N–H and O–H groups in total. The van der Waals surface area contributed by atoms with E-state index in [1.165, 1.54) is 0 Å². The van der Waals surface area contributed by atoms with E-state index in [-0.39, 0.29) is 18.4 Å². The molecule has 1 fully saturated rings. The Morgan fingerprint density at radius 2 is 2.12 bits per heavy atom. The lowest BCUT2D eigenvalue weighted by Gasteiger charge is -2.21. The minimum absolute atomic E-state index is 0.0353. The van der Waals surface area contributed by atoms with E-state index in [0.717, 1.165) is 23.6 Å². The number of ether oxygens (including phenoxy) is 1. The zero-order valence-corrected chi connectivity index (χ0v) is 14.4. The molecule has 25 heavy (non-hydrogen) atoms. The Hall–Kier alpha value is -2.83. The highest BCUT2D eigenvalue weighted by Crippen LogP contribution is 2.23. The summed E-state index contributed by atoms with van der Waals surface area (Å²) >= 11 is 0. The zero-order valence-electron chi connectivity index (χ0n) is 14.4. The van der Waals surface area contributed by atoms with Gasteiger partial charge in [-0.25, -0.2) is 4.98 Å². The van der Waals surface area contributed by atoms with Crippen LogP contribution in [0.3, 0.4) is 0 Å². The van der Waals surface area contributed by atoms with Gasteiger partial charge in [0, 0.05) is 32.4 Å². The SMILES string of the molecule is COc1ccc([C@@H](NC(=O)CN2CCCC2=O)c2nccn2C)cc1. The average Bonchev–Trinajstić information content (AvgIpc) is 3.21. The summed E-state index contributed by atoms with van der Waals surface area (Å²) in [6, 6.07) is 7.11. The molecule has 7 heteroatoms. The molecule has 0 aliphatic carbocycles. The van der Waals surface area contributed by atoms with Crippen LogP contribution in [0.2, 0.25) is 0 Å². The van der Waals surface area contributed by atoms with Crippen molar-refractivity contribution in [3.8, 4) is 5.75 Å². The normalized spacial score (nSPS) is 15.3. The Labute approximate surface area is 146 Å². The number of aromatic nitrogens is 2. The van der Waals surface area contributed by atoms with Crippen LogP contribution in [-0.2, 0) is 16.6 Å². The number of nitrogens with zero attached hydrogens (tertiary/aromatic N) is 3. The summed E-state index contributed by atoms with van der Waals surface area (Å²) in [6.07, 6.45) is 4.87. The molecule has 132 valence electrons. The number of amides is 2. The van der Waals surface area contributed by atoms with Crippen molar-refractivity contribution in [1.82, 2.24) is 19.8 Å². The first kappa shape index (κ1) is 17.0. The Kier molecular flexibility index (Phi) is 5.02. The van der Waals surface area contributed by atoms with E-state index in [1.807, 2.05) is 42.1 Å². The third kappa shape index (κ3) is 3.81. The molecule has 1 aliphatic rings. The van der Waals surface area contributed by atoms with E-state index < -0.39 is 6.04 Å². The monoisotopic (exact) mass is 342 g/mol. The molecule has 3 rings (SSSR count).